The molecule has 2 rings (SSSR count). The summed E-state index contributed by atoms with van der Waals surface area (Å²) in [6.07, 6.45) is 0. The average Bonchev–Trinajstić information content (AvgIpc) is 2.52. The largest absolute Gasteiger partial charge is 0.378 e. The molecule has 1 saturated heterocycles. The molecule has 22 heavy (non-hydrogen) atoms. The third kappa shape index (κ3) is 4.31. The van der Waals surface area contributed by atoms with Gasteiger partial charge in [0.25, 0.3) is 5.91 Å². The predicted molar refractivity (Wildman–Crippen MR) is 84.9 cm³/mol. The fraction of sp³-hybridized carbons (Fsp3) is 0.529. The van der Waals surface area contributed by atoms with Crippen molar-refractivity contribution in [2.75, 3.05) is 32.8 Å². The Bertz CT molecular complexity index is 526. The Morgan fingerprint density at radius 3 is 2.27 bits per heavy atom. The highest BCUT2D eigenvalue weighted by Gasteiger charge is 2.18. The van der Waals surface area contributed by atoms with E-state index in [0.717, 1.165) is 0 Å². The van der Waals surface area contributed by atoms with Crippen LogP contribution in [0.3, 0.4) is 0 Å². The molecular formula is C17H24N2O3. The first-order valence-corrected chi connectivity index (χ1v) is 7.62. The van der Waals surface area contributed by atoms with Gasteiger partial charge in [-0.3, -0.25) is 9.59 Å². The fourth-order valence-electron chi connectivity index (χ4n) is 2.30. The topological polar surface area (TPSA) is 58.6 Å². The Kier molecular flexibility index (Phi) is 5.19. The lowest BCUT2D eigenvalue weighted by atomic mass is 9.87. The molecule has 1 aromatic rings. The fourth-order valence-corrected chi connectivity index (χ4v) is 2.30. The summed E-state index contributed by atoms with van der Waals surface area (Å²) >= 11 is 0. The Morgan fingerprint density at radius 2 is 1.73 bits per heavy atom. The number of rotatable bonds is 3. The van der Waals surface area contributed by atoms with E-state index in [1.165, 1.54) is 5.56 Å². The highest BCUT2D eigenvalue weighted by atomic mass is 16.5. The van der Waals surface area contributed by atoms with Gasteiger partial charge in [-0.15, -0.1) is 0 Å². The van der Waals surface area contributed by atoms with Crippen LogP contribution in [-0.4, -0.2) is 49.6 Å². The Balaban J connectivity index is 1.88. The minimum atomic E-state index is -0.220. The number of nitrogens with zero attached hydrogens (tertiary/aromatic N) is 1. The quantitative estimate of drug-likeness (QED) is 0.922. The van der Waals surface area contributed by atoms with Crippen LogP contribution in [-0.2, 0) is 14.9 Å². The van der Waals surface area contributed by atoms with Crippen molar-refractivity contribution in [2.24, 2.45) is 0 Å². The lowest BCUT2D eigenvalue weighted by molar-refractivity contribution is -0.134. The zero-order chi connectivity index (χ0) is 16.2. The Morgan fingerprint density at radius 1 is 1.14 bits per heavy atom. The summed E-state index contributed by atoms with van der Waals surface area (Å²) < 4.78 is 5.20. The first-order chi connectivity index (χ1) is 10.4. The van der Waals surface area contributed by atoms with Crippen LogP contribution in [0.5, 0.6) is 0 Å². The van der Waals surface area contributed by atoms with Crippen LogP contribution >= 0.6 is 0 Å². The third-order valence-corrected chi connectivity index (χ3v) is 3.78. The summed E-state index contributed by atoms with van der Waals surface area (Å²) in [6.45, 7) is 8.72. The minimum absolute atomic E-state index is 0.0276. The normalized spacial score (nSPS) is 15.5. The van der Waals surface area contributed by atoms with Gasteiger partial charge in [-0.1, -0.05) is 32.9 Å². The van der Waals surface area contributed by atoms with E-state index in [0.29, 0.717) is 31.9 Å². The molecule has 5 heteroatoms. The second kappa shape index (κ2) is 6.92. The molecule has 1 aromatic carbocycles. The molecule has 5 nitrogen and oxygen atoms in total. The van der Waals surface area contributed by atoms with Crippen molar-refractivity contribution in [1.82, 2.24) is 10.2 Å². The summed E-state index contributed by atoms with van der Waals surface area (Å²) in [6, 6.07) is 7.52. The lowest BCUT2D eigenvalue weighted by Crippen LogP contribution is -2.45. The minimum Gasteiger partial charge on any atom is -0.378 e. The summed E-state index contributed by atoms with van der Waals surface area (Å²) in [5.41, 5.74) is 1.80. The van der Waals surface area contributed by atoms with Gasteiger partial charge in [0.05, 0.1) is 19.8 Å². The van der Waals surface area contributed by atoms with E-state index in [2.05, 4.69) is 26.1 Å². The van der Waals surface area contributed by atoms with Crippen molar-refractivity contribution in [1.29, 1.82) is 0 Å². The van der Waals surface area contributed by atoms with Crippen LogP contribution in [0.1, 0.15) is 36.7 Å². The van der Waals surface area contributed by atoms with Gasteiger partial charge in [-0.25, -0.2) is 0 Å². The highest BCUT2D eigenvalue weighted by Crippen LogP contribution is 2.22. The Hall–Kier alpha value is -1.88. The van der Waals surface area contributed by atoms with Gasteiger partial charge in [0.1, 0.15) is 0 Å². The third-order valence-electron chi connectivity index (χ3n) is 3.78. The maximum absolute atomic E-state index is 12.1. The molecule has 1 N–H and O–H groups in total. The van der Waals surface area contributed by atoms with Crippen LogP contribution in [0, 0.1) is 0 Å². The molecule has 0 aromatic heterocycles. The number of benzene rings is 1. The number of hydrogen-bond donors (Lipinski definition) is 1. The van der Waals surface area contributed by atoms with Crippen LogP contribution in [0.2, 0.25) is 0 Å². The number of hydrogen-bond acceptors (Lipinski definition) is 3. The lowest BCUT2D eigenvalue weighted by Gasteiger charge is -2.26. The van der Waals surface area contributed by atoms with Crippen LogP contribution in [0.4, 0.5) is 0 Å². The van der Waals surface area contributed by atoms with Crippen molar-refractivity contribution in [2.45, 2.75) is 26.2 Å². The number of morpholine rings is 1. The zero-order valence-electron chi connectivity index (χ0n) is 13.5. The summed E-state index contributed by atoms with van der Waals surface area (Å²) in [5.74, 6) is -0.287. The monoisotopic (exact) mass is 304 g/mol. The van der Waals surface area contributed by atoms with Gasteiger partial charge >= 0.3 is 0 Å². The van der Waals surface area contributed by atoms with Gasteiger partial charge in [0.2, 0.25) is 5.91 Å². The highest BCUT2D eigenvalue weighted by molar-refractivity contribution is 5.96. The summed E-state index contributed by atoms with van der Waals surface area (Å²) in [5, 5.41) is 2.68. The number of carbonyl (C=O) groups is 2. The van der Waals surface area contributed by atoms with E-state index in [4.69, 9.17) is 4.74 Å². The van der Waals surface area contributed by atoms with E-state index in [1.54, 1.807) is 17.0 Å². The van der Waals surface area contributed by atoms with Crippen LogP contribution < -0.4 is 5.32 Å². The summed E-state index contributed by atoms with van der Waals surface area (Å²) in [4.78, 5) is 25.8. The van der Waals surface area contributed by atoms with Crippen molar-refractivity contribution >= 4 is 11.8 Å². The zero-order valence-corrected chi connectivity index (χ0v) is 13.5. The Labute approximate surface area is 131 Å². The van der Waals surface area contributed by atoms with E-state index < -0.39 is 0 Å². The molecule has 0 spiro atoms. The number of ether oxygens (including phenoxy) is 1. The molecular weight excluding hydrogens is 280 g/mol. The van der Waals surface area contributed by atoms with Gasteiger partial charge in [-0.05, 0) is 23.1 Å². The standard InChI is InChI=1S/C17H24N2O3/c1-17(2,3)14-6-4-13(5-7-14)16(21)18-12-15(20)19-8-10-22-11-9-19/h4-7H,8-12H2,1-3H3,(H,18,21). The van der Waals surface area contributed by atoms with Crippen LogP contribution in [0.15, 0.2) is 24.3 Å². The molecule has 1 aliphatic rings. The van der Waals surface area contributed by atoms with E-state index >= 15 is 0 Å². The van der Waals surface area contributed by atoms with Gasteiger partial charge in [-0.2, -0.15) is 0 Å². The first kappa shape index (κ1) is 16.5. The van der Waals surface area contributed by atoms with Crippen LogP contribution in [0.25, 0.3) is 0 Å². The van der Waals surface area contributed by atoms with Gasteiger partial charge in [0, 0.05) is 18.7 Å². The first-order valence-electron chi connectivity index (χ1n) is 7.62. The number of carbonyl (C=O) groups excluding carboxylic acids is 2. The number of amides is 2. The second-order valence-electron chi connectivity index (χ2n) is 6.50. The van der Waals surface area contributed by atoms with Crippen molar-refractivity contribution in [3.8, 4) is 0 Å². The van der Waals surface area contributed by atoms with Gasteiger partial charge < -0.3 is 15.0 Å². The molecule has 1 heterocycles. The van der Waals surface area contributed by atoms with Crippen molar-refractivity contribution < 1.29 is 14.3 Å². The predicted octanol–water partition coefficient (Wildman–Crippen LogP) is 1.57. The molecule has 0 unspecified atom stereocenters. The van der Waals surface area contributed by atoms with Gasteiger partial charge in [0.15, 0.2) is 0 Å². The van der Waals surface area contributed by atoms with Crippen molar-refractivity contribution in [3.63, 3.8) is 0 Å². The second-order valence-corrected chi connectivity index (χ2v) is 6.50. The molecule has 0 bridgehead atoms. The summed E-state index contributed by atoms with van der Waals surface area (Å²) in [7, 11) is 0. The van der Waals surface area contributed by atoms with E-state index in [9.17, 15) is 9.59 Å². The molecule has 2 amide bonds. The smallest absolute Gasteiger partial charge is 0.251 e. The molecule has 120 valence electrons. The maximum Gasteiger partial charge on any atom is 0.251 e. The molecule has 0 saturated carbocycles. The maximum atomic E-state index is 12.1. The van der Waals surface area contributed by atoms with Crippen molar-refractivity contribution in [3.05, 3.63) is 35.4 Å². The molecule has 0 radical (unpaired) electrons. The molecule has 0 aliphatic carbocycles. The van der Waals surface area contributed by atoms with E-state index in [-0.39, 0.29) is 23.8 Å². The SMILES string of the molecule is CC(C)(C)c1ccc(C(=O)NCC(=O)N2CCOCC2)cc1. The molecule has 1 aliphatic heterocycles. The molecule has 0 atom stereocenters. The average molecular weight is 304 g/mol. The number of nitrogens with one attached hydrogen (secondary N) is 1. The molecule has 1 fully saturated rings. The van der Waals surface area contributed by atoms with E-state index in [1.807, 2.05) is 12.1 Å².